The number of H-pyrrole nitrogens is 1. The van der Waals surface area contributed by atoms with Crippen LogP contribution < -0.4 is 21.8 Å². The van der Waals surface area contributed by atoms with Gasteiger partial charge in [0, 0.05) is 22.0 Å². The number of aromatic amines is 1. The summed E-state index contributed by atoms with van der Waals surface area (Å²) in [5.74, 6) is -1.16. The van der Waals surface area contributed by atoms with Crippen LogP contribution in [0.5, 0.6) is 0 Å². The molecule has 0 aliphatic heterocycles. The number of aromatic nitrogens is 1. The van der Waals surface area contributed by atoms with Gasteiger partial charge >= 0.3 is 5.97 Å². The monoisotopic (exact) mass is 259 g/mol. The van der Waals surface area contributed by atoms with Gasteiger partial charge in [-0.3, -0.25) is 4.79 Å². The maximum absolute atomic E-state index is 12.0. The van der Waals surface area contributed by atoms with E-state index in [2.05, 4.69) is 4.98 Å². The molecular formula is C10H9B3ClNO3. The average molecular weight is 259 g/mol. The number of hydrogen-bond acceptors (Lipinski definition) is 2. The van der Waals surface area contributed by atoms with Crippen LogP contribution in [-0.4, -0.2) is 39.6 Å². The number of carboxylic acid groups (broad SMARTS) is 1. The molecule has 0 saturated heterocycles. The van der Waals surface area contributed by atoms with Crippen molar-refractivity contribution < 1.29 is 9.90 Å². The second kappa shape index (κ2) is 4.25. The molecule has 2 N–H and O–H groups in total. The van der Waals surface area contributed by atoms with Crippen LogP contribution in [-0.2, 0) is 0 Å². The highest BCUT2D eigenvalue weighted by Crippen LogP contribution is 2.08. The van der Waals surface area contributed by atoms with Crippen LogP contribution >= 0.6 is 11.6 Å². The summed E-state index contributed by atoms with van der Waals surface area (Å²) >= 11 is 6.18. The molecule has 0 unspecified atom stereocenters. The molecule has 2 rings (SSSR count). The van der Waals surface area contributed by atoms with E-state index < -0.39 is 5.97 Å². The van der Waals surface area contributed by atoms with E-state index in [0.29, 0.717) is 21.4 Å². The van der Waals surface area contributed by atoms with Crippen LogP contribution in [0.3, 0.4) is 0 Å². The minimum Gasteiger partial charge on any atom is -0.477 e. The normalized spacial score (nSPS) is 10.7. The van der Waals surface area contributed by atoms with Crippen LogP contribution in [0.1, 0.15) is 10.5 Å². The van der Waals surface area contributed by atoms with Gasteiger partial charge in [0.05, 0.1) is 0 Å². The molecule has 0 spiro atoms. The number of fused-ring (bicyclic) bond motifs is 1. The Kier molecular flexibility index (Phi) is 3.03. The molecule has 0 aliphatic rings. The van der Waals surface area contributed by atoms with Crippen molar-refractivity contribution in [2.75, 3.05) is 0 Å². The molecule has 1 aromatic heterocycles. The number of halogens is 1. The van der Waals surface area contributed by atoms with Crippen molar-refractivity contribution in [2.45, 2.75) is 0 Å². The summed E-state index contributed by atoms with van der Waals surface area (Å²) in [4.78, 5) is 25.7. The lowest BCUT2D eigenvalue weighted by Crippen LogP contribution is -2.36. The summed E-state index contributed by atoms with van der Waals surface area (Å²) in [7, 11) is 5.41. The molecule has 18 heavy (non-hydrogen) atoms. The van der Waals surface area contributed by atoms with Gasteiger partial charge in [-0.25, -0.2) is 4.79 Å². The van der Waals surface area contributed by atoms with Crippen LogP contribution in [0.25, 0.3) is 10.9 Å². The zero-order chi connectivity index (χ0) is 13.6. The van der Waals surface area contributed by atoms with Crippen molar-refractivity contribution in [1.29, 1.82) is 0 Å². The summed E-state index contributed by atoms with van der Waals surface area (Å²) in [6.07, 6.45) is 0. The SMILES string of the molecule is Bc1c(Cl)c(B)c2[nH]c(C(=O)O)cc(=O)c2c1B. The van der Waals surface area contributed by atoms with Gasteiger partial charge in [0.2, 0.25) is 0 Å². The molecule has 0 saturated carbocycles. The van der Waals surface area contributed by atoms with E-state index in [9.17, 15) is 9.59 Å². The fourth-order valence-corrected chi connectivity index (χ4v) is 2.31. The Morgan fingerprint density at radius 2 is 1.83 bits per heavy atom. The highest BCUT2D eigenvalue weighted by atomic mass is 35.5. The Bertz CT molecular complexity index is 741. The predicted molar refractivity (Wildman–Crippen MR) is 81.1 cm³/mol. The topological polar surface area (TPSA) is 70.2 Å². The van der Waals surface area contributed by atoms with Crippen molar-refractivity contribution in [3.8, 4) is 0 Å². The summed E-state index contributed by atoms with van der Waals surface area (Å²) in [6.45, 7) is 0. The minimum absolute atomic E-state index is 0.130. The average Bonchev–Trinajstić information content (AvgIpc) is 2.32. The van der Waals surface area contributed by atoms with E-state index in [1.165, 1.54) is 0 Å². The van der Waals surface area contributed by atoms with E-state index in [0.717, 1.165) is 17.0 Å². The molecule has 0 fully saturated rings. The van der Waals surface area contributed by atoms with Crippen LogP contribution in [0.2, 0.25) is 5.02 Å². The molecule has 0 atom stereocenters. The highest BCUT2D eigenvalue weighted by Gasteiger charge is 2.15. The fourth-order valence-electron chi connectivity index (χ4n) is 2.07. The van der Waals surface area contributed by atoms with Crippen LogP contribution in [0, 0.1) is 0 Å². The van der Waals surface area contributed by atoms with Gasteiger partial charge in [0.1, 0.15) is 29.2 Å². The van der Waals surface area contributed by atoms with Gasteiger partial charge in [0.25, 0.3) is 0 Å². The van der Waals surface area contributed by atoms with Crippen molar-refractivity contribution in [1.82, 2.24) is 4.98 Å². The number of benzene rings is 1. The first-order valence-corrected chi connectivity index (χ1v) is 5.78. The maximum Gasteiger partial charge on any atom is 0.352 e. The highest BCUT2D eigenvalue weighted by molar-refractivity contribution is 6.62. The first-order chi connectivity index (χ1) is 8.34. The number of carboxylic acids is 1. The Morgan fingerprint density at radius 3 is 2.39 bits per heavy atom. The van der Waals surface area contributed by atoms with Crippen LogP contribution in [0.15, 0.2) is 10.9 Å². The third-order valence-corrected chi connectivity index (χ3v) is 3.80. The molecule has 0 radical (unpaired) electrons. The predicted octanol–water partition coefficient (Wildman–Crippen LogP) is -3.35. The first kappa shape index (κ1) is 12.8. The standard InChI is InChI=1S/C10H9B3ClNO3/c11-5-4-3(16)1-2(10(17)18)15-9(4)7(13)8(14)6(5)12/h1H,11-13H2,(H,15,16)(H,17,18). The Morgan fingerprint density at radius 1 is 1.22 bits per heavy atom. The van der Waals surface area contributed by atoms with E-state index in [1.807, 2.05) is 7.85 Å². The van der Waals surface area contributed by atoms with Gasteiger partial charge in [-0.15, -0.1) is 0 Å². The van der Waals surface area contributed by atoms with Gasteiger partial charge in [-0.2, -0.15) is 0 Å². The quantitative estimate of drug-likeness (QED) is 0.526. The van der Waals surface area contributed by atoms with E-state index >= 15 is 0 Å². The van der Waals surface area contributed by atoms with Crippen molar-refractivity contribution in [2.24, 2.45) is 0 Å². The van der Waals surface area contributed by atoms with Crippen molar-refractivity contribution in [3.63, 3.8) is 0 Å². The molecule has 4 nitrogen and oxygen atoms in total. The molecule has 8 heteroatoms. The molecule has 88 valence electrons. The fraction of sp³-hybridized carbons (Fsp3) is 0. The summed E-state index contributed by atoms with van der Waals surface area (Å²) < 4.78 is 0. The lowest BCUT2D eigenvalue weighted by molar-refractivity contribution is 0.0691. The minimum atomic E-state index is -1.16. The van der Waals surface area contributed by atoms with Crippen molar-refractivity contribution >= 4 is 68.4 Å². The summed E-state index contributed by atoms with van der Waals surface area (Å²) in [5.41, 5.74) is 2.37. The molecule has 1 aromatic carbocycles. The van der Waals surface area contributed by atoms with E-state index in [-0.39, 0.29) is 11.1 Å². The second-order valence-corrected chi connectivity index (χ2v) is 4.67. The number of pyridine rings is 1. The third kappa shape index (κ3) is 1.75. The second-order valence-electron chi connectivity index (χ2n) is 4.29. The third-order valence-electron chi connectivity index (χ3n) is 3.23. The maximum atomic E-state index is 12.0. The lowest BCUT2D eigenvalue weighted by Gasteiger charge is -2.13. The van der Waals surface area contributed by atoms with Gasteiger partial charge < -0.3 is 10.1 Å². The molecule has 0 aliphatic carbocycles. The Hall–Kier alpha value is -1.62. The van der Waals surface area contributed by atoms with Gasteiger partial charge in [-0.1, -0.05) is 22.5 Å². The first-order valence-electron chi connectivity index (χ1n) is 5.40. The van der Waals surface area contributed by atoms with E-state index in [1.54, 1.807) is 15.7 Å². The largest absolute Gasteiger partial charge is 0.477 e. The van der Waals surface area contributed by atoms with Gasteiger partial charge in [0.15, 0.2) is 5.43 Å². The molecule has 0 amide bonds. The molecule has 1 heterocycles. The molecule has 0 bridgehead atoms. The number of nitrogens with one attached hydrogen (secondary N) is 1. The van der Waals surface area contributed by atoms with Crippen LogP contribution in [0.4, 0.5) is 0 Å². The number of rotatable bonds is 1. The molecule has 2 aromatic rings. The number of aromatic carboxylic acids is 1. The number of carbonyl (C=O) groups is 1. The van der Waals surface area contributed by atoms with Crippen molar-refractivity contribution in [3.05, 3.63) is 27.0 Å². The molecular weight excluding hydrogens is 250 g/mol. The van der Waals surface area contributed by atoms with E-state index in [4.69, 9.17) is 16.7 Å². The van der Waals surface area contributed by atoms with Gasteiger partial charge in [-0.05, 0) is 5.46 Å². The number of hydrogen-bond donors (Lipinski definition) is 2. The smallest absolute Gasteiger partial charge is 0.352 e. The summed E-state index contributed by atoms with van der Waals surface area (Å²) in [5, 5.41) is 10.0. The zero-order valence-corrected chi connectivity index (χ0v) is 11.0. The Balaban J connectivity index is 3.07. The Labute approximate surface area is 111 Å². The summed E-state index contributed by atoms with van der Waals surface area (Å²) in [6, 6.07) is 1.10. The lowest BCUT2D eigenvalue weighted by atomic mass is 9.74. The zero-order valence-electron chi connectivity index (χ0n) is 10.2.